The van der Waals surface area contributed by atoms with E-state index in [1.807, 2.05) is 36.4 Å². The fourth-order valence-electron chi connectivity index (χ4n) is 3.89. The monoisotopic (exact) mass is 370 g/mol. The van der Waals surface area contributed by atoms with Crippen molar-refractivity contribution >= 4 is 22.0 Å². The number of aliphatic imine (C=N–C) groups is 1. The number of rotatable bonds is 3. The average Bonchev–Trinajstić information content (AvgIpc) is 2.68. The van der Waals surface area contributed by atoms with Gasteiger partial charge in [0.2, 0.25) is 0 Å². The molecule has 0 aromatic heterocycles. The molecule has 2 aromatic rings. The molecule has 1 aliphatic heterocycles. The van der Waals surface area contributed by atoms with E-state index in [0.29, 0.717) is 17.0 Å². The van der Waals surface area contributed by atoms with E-state index in [-0.39, 0.29) is 10.9 Å². The summed E-state index contributed by atoms with van der Waals surface area (Å²) in [7, 11) is -2.07. The van der Waals surface area contributed by atoms with Crippen molar-refractivity contribution in [1.82, 2.24) is 4.31 Å². The second-order valence-electron chi connectivity index (χ2n) is 6.73. The molecule has 1 heterocycles. The minimum absolute atomic E-state index is 0.00336. The first-order valence-electron chi connectivity index (χ1n) is 8.97. The second kappa shape index (κ2) is 6.76. The Labute approximate surface area is 154 Å². The molecular weight excluding hydrogens is 348 g/mol. The lowest BCUT2D eigenvalue weighted by Gasteiger charge is -2.34. The van der Waals surface area contributed by atoms with Gasteiger partial charge in [-0.25, -0.2) is 13.4 Å². The fourth-order valence-corrected chi connectivity index (χ4v) is 5.72. The number of fused-ring (bicyclic) bond motifs is 1. The van der Waals surface area contributed by atoms with E-state index in [9.17, 15) is 8.42 Å². The maximum atomic E-state index is 13.5. The van der Waals surface area contributed by atoms with Crippen molar-refractivity contribution in [3.63, 3.8) is 0 Å². The van der Waals surface area contributed by atoms with E-state index in [2.05, 4.69) is 4.99 Å². The summed E-state index contributed by atoms with van der Waals surface area (Å²) in [5.41, 5.74) is 1.88. The Hall–Kier alpha value is -2.34. The zero-order chi connectivity index (χ0) is 18.1. The van der Waals surface area contributed by atoms with Gasteiger partial charge in [0.1, 0.15) is 17.0 Å². The van der Waals surface area contributed by atoms with Crippen LogP contribution >= 0.6 is 0 Å². The molecule has 0 N–H and O–H groups in total. The van der Waals surface area contributed by atoms with Crippen LogP contribution in [0.1, 0.15) is 32.1 Å². The molecule has 0 spiro atoms. The standard InChI is InChI=1S/C20H22N2O3S/c1-25-19-13-6-5-10-16(19)17-11-7-12-18-20(17)26(23,24)22(14-21-18)15-8-3-2-4-9-15/h5-7,10-15H,2-4,8-9H2,1H3. The molecule has 0 atom stereocenters. The largest absolute Gasteiger partial charge is 0.496 e. The van der Waals surface area contributed by atoms with Crippen LogP contribution in [-0.2, 0) is 10.0 Å². The zero-order valence-electron chi connectivity index (χ0n) is 14.8. The zero-order valence-corrected chi connectivity index (χ0v) is 15.6. The SMILES string of the molecule is COc1ccccc1-c1cccc2c1S(=O)(=O)N(C1CCCCC1)C=N2. The minimum Gasteiger partial charge on any atom is -0.496 e. The minimum atomic E-state index is -3.66. The number of para-hydroxylation sites is 1. The normalized spacial score (nSPS) is 19.2. The molecular formula is C20H22N2O3S. The Morgan fingerprint density at radius 1 is 1.00 bits per heavy atom. The van der Waals surface area contributed by atoms with E-state index < -0.39 is 10.0 Å². The van der Waals surface area contributed by atoms with Gasteiger partial charge in [-0.3, -0.25) is 4.31 Å². The summed E-state index contributed by atoms with van der Waals surface area (Å²) >= 11 is 0. The van der Waals surface area contributed by atoms with Gasteiger partial charge >= 0.3 is 0 Å². The number of sulfonamides is 1. The molecule has 2 aliphatic rings. The first-order valence-corrected chi connectivity index (χ1v) is 10.4. The van der Waals surface area contributed by atoms with Crippen LogP contribution in [0.5, 0.6) is 5.75 Å². The third-order valence-corrected chi connectivity index (χ3v) is 7.06. The van der Waals surface area contributed by atoms with Gasteiger partial charge in [-0.2, -0.15) is 0 Å². The Balaban J connectivity index is 1.87. The highest BCUT2D eigenvalue weighted by Crippen LogP contribution is 2.42. The summed E-state index contributed by atoms with van der Waals surface area (Å²) in [5.74, 6) is 0.648. The quantitative estimate of drug-likeness (QED) is 0.807. The fraction of sp³-hybridized carbons (Fsp3) is 0.350. The predicted octanol–water partition coefficient (Wildman–Crippen LogP) is 4.36. The summed E-state index contributed by atoms with van der Waals surface area (Å²) in [6, 6.07) is 12.9. The number of ether oxygens (including phenoxy) is 1. The van der Waals surface area contributed by atoms with Gasteiger partial charge in [0, 0.05) is 17.2 Å². The van der Waals surface area contributed by atoms with Crippen molar-refractivity contribution in [2.24, 2.45) is 4.99 Å². The molecule has 6 heteroatoms. The van der Waals surface area contributed by atoms with Crippen molar-refractivity contribution in [2.75, 3.05) is 7.11 Å². The Morgan fingerprint density at radius 3 is 2.50 bits per heavy atom. The van der Waals surface area contributed by atoms with Crippen molar-refractivity contribution in [1.29, 1.82) is 0 Å². The summed E-state index contributed by atoms with van der Waals surface area (Å²) in [6.07, 6.45) is 6.57. The molecule has 0 bridgehead atoms. The topological polar surface area (TPSA) is 59.0 Å². The van der Waals surface area contributed by atoms with E-state index in [1.54, 1.807) is 13.2 Å². The smallest absolute Gasteiger partial charge is 0.268 e. The second-order valence-corrected chi connectivity index (χ2v) is 8.51. The lowest BCUT2D eigenvalue weighted by atomic mass is 9.96. The molecule has 26 heavy (non-hydrogen) atoms. The Kier molecular flexibility index (Phi) is 4.44. The average molecular weight is 370 g/mol. The van der Waals surface area contributed by atoms with Gasteiger partial charge in [0.25, 0.3) is 10.0 Å². The van der Waals surface area contributed by atoms with Crippen LogP contribution in [-0.4, -0.2) is 32.2 Å². The first kappa shape index (κ1) is 17.1. The van der Waals surface area contributed by atoms with Crippen molar-refractivity contribution in [2.45, 2.75) is 43.0 Å². The van der Waals surface area contributed by atoms with E-state index >= 15 is 0 Å². The highest BCUT2D eigenvalue weighted by molar-refractivity contribution is 7.90. The maximum Gasteiger partial charge on any atom is 0.268 e. The highest BCUT2D eigenvalue weighted by atomic mass is 32.2. The molecule has 0 unspecified atom stereocenters. The van der Waals surface area contributed by atoms with Gasteiger partial charge in [0.05, 0.1) is 12.8 Å². The molecule has 1 aliphatic carbocycles. The lowest BCUT2D eigenvalue weighted by molar-refractivity contribution is 0.328. The maximum absolute atomic E-state index is 13.5. The number of hydrogen-bond donors (Lipinski definition) is 0. The molecule has 0 saturated heterocycles. The van der Waals surface area contributed by atoms with Crippen LogP contribution in [0.2, 0.25) is 0 Å². The lowest BCUT2D eigenvalue weighted by Crippen LogP contribution is -2.41. The molecule has 1 fully saturated rings. The Morgan fingerprint density at radius 2 is 1.73 bits per heavy atom. The summed E-state index contributed by atoms with van der Waals surface area (Å²) in [5, 5.41) is 0. The molecule has 0 radical (unpaired) electrons. The van der Waals surface area contributed by atoms with Crippen LogP contribution in [0.25, 0.3) is 11.1 Å². The number of hydrogen-bond acceptors (Lipinski definition) is 4. The molecule has 0 amide bonds. The van der Waals surface area contributed by atoms with Crippen molar-refractivity contribution in [3.8, 4) is 16.9 Å². The highest BCUT2D eigenvalue weighted by Gasteiger charge is 2.36. The third kappa shape index (κ3) is 2.78. The van der Waals surface area contributed by atoms with Crippen LogP contribution in [0.4, 0.5) is 5.69 Å². The Bertz CT molecular complexity index is 947. The van der Waals surface area contributed by atoms with E-state index in [4.69, 9.17) is 4.74 Å². The molecule has 2 aromatic carbocycles. The van der Waals surface area contributed by atoms with Crippen molar-refractivity contribution in [3.05, 3.63) is 42.5 Å². The number of benzene rings is 2. The van der Waals surface area contributed by atoms with Gasteiger partial charge < -0.3 is 4.74 Å². The van der Waals surface area contributed by atoms with Gasteiger partial charge in [-0.1, -0.05) is 49.6 Å². The van der Waals surface area contributed by atoms with Gasteiger partial charge in [-0.15, -0.1) is 0 Å². The summed E-state index contributed by atoms with van der Waals surface area (Å²) < 4.78 is 33.9. The molecule has 1 saturated carbocycles. The molecule has 5 nitrogen and oxygen atoms in total. The van der Waals surface area contributed by atoms with Crippen LogP contribution in [0.3, 0.4) is 0 Å². The first-order chi connectivity index (χ1) is 12.6. The predicted molar refractivity (Wildman–Crippen MR) is 102 cm³/mol. The van der Waals surface area contributed by atoms with Gasteiger partial charge in [0.15, 0.2) is 0 Å². The number of methoxy groups -OCH3 is 1. The molecule has 4 rings (SSSR count). The summed E-state index contributed by atoms with van der Waals surface area (Å²) in [6.45, 7) is 0. The molecule has 136 valence electrons. The van der Waals surface area contributed by atoms with Crippen LogP contribution < -0.4 is 4.74 Å². The van der Waals surface area contributed by atoms with Crippen molar-refractivity contribution < 1.29 is 13.2 Å². The third-order valence-electron chi connectivity index (χ3n) is 5.17. The van der Waals surface area contributed by atoms with Crippen LogP contribution in [0.15, 0.2) is 52.4 Å². The van der Waals surface area contributed by atoms with Gasteiger partial charge in [-0.05, 0) is 25.0 Å². The van der Waals surface area contributed by atoms with E-state index in [1.165, 1.54) is 17.1 Å². The van der Waals surface area contributed by atoms with Crippen LogP contribution in [0, 0.1) is 0 Å². The number of nitrogens with zero attached hydrogens (tertiary/aromatic N) is 2. The van der Waals surface area contributed by atoms with E-state index in [0.717, 1.165) is 31.2 Å². The summed E-state index contributed by atoms with van der Waals surface area (Å²) in [4.78, 5) is 4.74.